The lowest BCUT2D eigenvalue weighted by atomic mass is 9.96. The third-order valence-electron chi connectivity index (χ3n) is 8.14. The van der Waals surface area contributed by atoms with E-state index in [1.54, 1.807) is 0 Å². The molecule has 0 saturated carbocycles. The van der Waals surface area contributed by atoms with Gasteiger partial charge in [0, 0.05) is 66.3 Å². The van der Waals surface area contributed by atoms with Crippen LogP contribution < -0.4 is 10.6 Å². The molecule has 0 atom stereocenters. The number of halogens is 2. The van der Waals surface area contributed by atoms with Gasteiger partial charge in [0.15, 0.2) is 0 Å². The Morgan fingerprint density at radius 1 is 0.838 bits per heavy atom. The summed E-state index contributed by atoms with van der Waals surface area (Å²) in [7, 11) is 0. The molecule has 37 heavy (non-hydrogen) atoms. The number of amides is 2. The third-order valence-corrected chi connectivity index (χ3v) is 8.14. The number of nitrogens with one attached hydrogen (secondary N) is 3. The number of benzene rings is 3. The second kappa shape index (κ2) is 8.74. The SMILES string of the molecule is Cl.Cl.O=C1NC(=O)c2c1c1c3ccc(CN4CCNCC4)cc3[nH]c1c1c2c2cccc3c2n1CCC3. The topological polar surface area (TPSA) is 82.2 Å². The number of hydrogen-bond donors (Lipinski definition) is 3. The number of hydrogen-bond acceptors (Lipinski definition) is 4. The Bertz CT molecular complexity index is 1760. The highest BCUT2D eigenvalue weighted by molar-refractivity contribution is 6.39. The molecule has 1 fully saturated rings. The van der Waals surface area contributed by atoms with Crippen molar-refractivity contribution in [2.45, 2.75) is 25.9 Å². The van der Waals surface area contributed by atoms with E-state index in [9.17, 15) is 9.59 Å². The van der Waals surface area contributed by atoms with Crippen LogP contribution in [0.3, 0.4) is 0 Å². The molecular weight excluding hydrogens is 509 g/mol. The Morgan fingerprint density at radius 3 is 2.43 bits per heavy atom. The van der Waals surface area contributed by atoms with E-state index in [1.165, 1.54) is 16.6 Å². The second-order valence-electron chi connectivity index (χ2n) is 10.1. The van der Waals surface area contributed by atoms with Crippen molar-refractivity contribution in [3.8, 4) is 0 Å². The molecule has 0 spiro atoms. The molecule has 2 amide bonds. The predicted octanol–water partition coefficient (Wildman–Crippen LogP) is 4.51. The highest BCUT2D eigenvalue weighted by Gasteiger charge is 2.36. The zero-order valence-electron chi connectivity index (χ0n) is 20.1. The second-order valence-corrected chi connectivity index (χ2v) is 10.1. The van der Waals surface area contributed by atoms with Gasteiger partial charge in [-0.25, -0.2) is 0 Å². The highest BCUT2D eigenvalue weighted by atomic mass is 35.5. The van der Waals surface area contributed by atoms with Crippen LogP contribution in [0.15, 0.2) is 36.4 Å². The Labute approximate surface area is 225 Å². The predicted molar refractivity (Wildman–Crippen MR) is 152 cm³/mol. The Hall–Kier alpha value is -3.10. The monoisotopic (exact) mass is 535 g/mol. The molecule has 0 radical (unpaired) electrons. The van der Waals surface area contributed by atoms with E-state index in [0.717, 1.165) is 90.2 Å². The van der Waals surface area contributed by atoms with Gasteiger partial charge >= 0.3 is 0 Å². The number of carbonyl (C=O) groups is 2. The van der Waals surface area contributed by atoms with E-state index in [-0.39, 0.29) is 36.6 Å². The number of carbonyl (C=O) groups excluding carboxylic acids is 2. The summed E-state index contributed by atoms with van der Waals surface area (Å²) in [6.45, 7) is 5.95. The lowest BCUT2D eigenvalue weighted by molar-refractivity contribution is 0.0880. The van der Waals surface area contributed by atoms with Gasteiger partial charge in [0.25, 0.3) is 11.8 Å². The average Bonchev–Trinajstić information content (AvgIpc) is 3.50. The molecule has 3 N–H and O–H groups in total. The van der Waals surface area contributed by atoms with E-state index >= 15 is 0 Å². The van der Waals surface area contributed by atoms with Crippen molar-refractivity contribution < 1.29 is 9.59 Å². The van der Waals surface area contributed by atoms with E-state index in [1.807, 2.05) is 0 Å². The molecule has 2 aromatic heterocycles. The van der Waals surface area contributed by atoms with Crippen molar-refractivity contribution in [2.24, 2.45) is 0 Å². The maximum atomic E-state index is 13.1. The van der Waals surface area contributed by atoms with Gasteiger partial charge in [0.2, 0.25) is 0 Å². The zero-order chi connectivity index (χ0) is 23.3. The summed E-state index contributed by atoms with van der Waals surface area (Å²) in [5.41, 5.74) is 7.84. The van der Waals surface area contributed by atoms with Crippen LogP contribution in [0.1, 0.15) is 38.3 Å². The van der Waals surface area contributed by atoms with Gasteiger partial charge in [-0.2, -0.15) is 0 Å². The number of nitrogens with zero attached hydrogens (tertiary/aromatic N) is 2. The van der Waals surface area contributed by atoms with Gasteiger partial charge in [-0.05, 0) is 30.0 Å². The minimum atomic E-state index is -0.297. The number of aromatic nitrogens is 2. The molecule has 3 aliphatic heterocycles. The van der Waals surface area contributed by atoms with E-state index in [0.29, 0.717) is 11.1 Å². The number of para-hydroxylation sites is 1. The summed E-state index contributed by atoms with van der Waals surface area (Å²) >= 11 is 0. The fourth-order valence-corrected chi connectivity index (χ4v) is 6.69. The minimum Gasteiger partial charge on any atom is -0.353 e. The molecule has 3 aromatic carbocycles. The lowest BCUT2D eigenvalue weighted by Gasteiger charge is -2.27. The summed E-state index contributed by atoms with van der Waals surface area (Å²) in [5.74, 6) is -0.583. The summed E-state index contributed by atoms with van der Waals surface area (Å²) < 4.78 is 2.37. The van der Waals surface area contributed by atoms with Crippen LogP contribution in [0, 0.1) is 0 Å². The first-order valence-electron chi connectivity index (χ1n) is 12.5. The molecule has 0 aliphatic carbocycles. The first kappa shape index (κ1) is 24.2. The molecule has 0 bridgehead atoms. The summed E-state index contributed by atoms with van der Waals surface area (Å²) in [6, 6.07) is 12.9. The molecule has 7 nitrogen and oxygen atoms in total. The lowest BCUT2D eigenvalue weighted by Crippen LogP contribution is -2.42. The van der Waals surface area contributed by atoms with Crippen molar-refractivity contribution in [3.05, 3.63) is 58.7 Å². The van der Waals surface area contributed by atoms with Crippen molar-refractivity contribution in [3.63, 3.8) is 0 Å². The molecule has 5 aromatic rings. The first-order chi connectivity index (χ1) is 17.2. The number of fused-ring (bicyclic) bond motifs is 10. The summed E-state index contributed by atoms with van der Waals surface area (Å²) in [6.07, 6.45) is 2.10. The third kappa shape index (κ3) is 3.28. The quantitative estimate of drug-likeness (QED) is 0.290. The number of H-pyrrole nitrogens is 1. The number of aromatic amines is 1. The number of piperazine rings is 1. The number of rotatable bonds is 2. The Kier molecular flexibility index (Phi) is 5.73. The van der Waals surface area contributed by atoms with Crippen LogP contribution >= 0.6 is 24.8 Å². The summed E-state index contributed by atoms with van der Waals surface area (Å²) in [4.78, 5) is 32.4. The normalized spacial score (nSPS) is 17.3. The molecule has 3 aliphatic rings. The summed E-state index contributed by atoms with van der Waals surface area (Å²) in [5, 5.41) is 9.85. The van der Waals surface area contributed by atoms with E-state index in [2.05, 4.69) is 61.5 Å². The molecule has 1 saturated heterocycles. The van der Waals surface area contributed by atoms with Gasteiger partial charge in [-0.15, -0.1) is 24.8 Å². The van der Waals surface area contributed by atoms with Crippen LogP contribution in [0.5, 0.6) is 0 Å². The van der Waals surface area contributed by atoms with Gasteiger partial charge in [0.05, 0.1) is 27.7 Å². The van der Waals surface area contributed by atoms with Gasteiger partial charge in [0.1, 0.15) is 0 Å². The molecular formula is C28H27Cl2N5O2. The fraction of sp³-hybridized carbons (Fsp3) is 0.286. The van der Waals surface area contributed by atoms with Crippen molar-refractivity contribution >= 4 is 80.2 Å². The largest absolute Gasteiger partial charge is 0.353 e. The number of imide groups is 1. The van der Waals surface area contributed by atoms with Gasteiger partial charge < -0.3 is 14.9 Å². The maximum Gasteiger partial charge on any atom is 0.259 e. The zero-order valence-corrected chi connectivity index (χ0v) is 21.8. The fourth-order valence-electron chi connectivity index (χ4n) is 6.69. The highest BCUT2D eigenvalue weighted by Crippen LogP contribution is 2.45. The van der Waals surface area contributed by atoms with E-state index < -0.39 is 0 Å². The van der Waals surface area contributed by atoms with E-state index in [4.69, 9.17) is 0 Å². The van der Waals surface area contributed by atoms with Crippen LogP contribution in [-0.4, -0.2) is 52.4 Å². The minimum absolute atomic E-state index is 0. The Morgan fingerprint density at radius 2 is 1.62 bits per heavy atom. The maximum absolute atomic E-state index is 13.1. The van der Waals surface area contributed by atoms with Gasteiger partial charge in [-0.1, -0.05) is 30.3 Å². The van der Waals surface area contributed by atoms with Crippen LogP contribution in [0.25, 0.3) is 43.6 Å². The number of aryl methyl sites for hydroxylation is 2. The first-order valence-corrected chi connectivity index (χ1v) is 12.5. The standard InChI is InChI=1S/C28H25N5O2.2ClH/c34-27-22-20-17-7-6-15(14-32-11-8-29-9-12-32)13-19(17)30-24(20)26-21(23(22)28(35)31-27)18-5-1-3-16-4-2-10-33(26)25(16)18;;/h1,3,5-7,13,29-30H,2,4,8-12,14H2,(H,31,34,35);2*1H. The molecule has 190 valence electrons. The van der Waals surface area contributed by atoms with Crippen molar-refractivity contribution in [1.82, 2.24) is 25.1 Å². The average molecular weight is 536 g/mol. The molecule has 0 unspecified atom stereocenters. The smallest absolute Gasteiger partial charge is 0.259 e. The van der Waals surface area contributed by atoms with Crippen molar-refractivity contribution in [2.75, 3.05) is 26.2 Å². The molecule has 5 heterocycles. The van der Waals surface area contributed by atoms with Crippen LogP contribution in [0.4, 0.5) is 0 Å². The Balaban J connectivity index is 0.00000126. The molecule has 8 rings (SSSR count). The van der Waals surface area contributed by atoms with Gasteiger partial charge in [-0.3, -0.25) is 19.8 Å². The molecule has 9 heteroatoms. The van der Waals surface area contributed by atoms with Crippen LogP contribution in [-0.2, 0) is 19.5 Å². The van der Waals surface area contributed by atoms with Crippen LogP contribution in [0.2, 0.25) is 0 Å². The van der Waals surface area contributed by atoms with Crippen molar-refractivity contribution in [1.29, 1.82) is 0 Å².